The molecule has 4 nitrogen and oxygen atoms in total. The van der Waals surface area contributed by atoms with Crippen LogP contribution in [0.3, 0.4) is 0 Å². The molecule has 0 saturated heterocycles. The van der Waals surface area contributed by atoms with Gasteiger partial charge in [-0.05, 0) is 37.1 Å². The van der Waals surface area contributed by atoms with Gasteiger partial charge in [-0.15, -0.1) is 11.3 Å². The van der Waals surface area contributed by atoms with Crippen molar-refractivity contribution < 1.29 is 4.79 Å². The molecular formula is C13H13N3OS. The fraction of sp³-hybridized carbons (Fsp3) is 0.231. The molecule has 18 heavy (non-hydrogen) atoms. The van der Waals surface area contributed by atoms with E-state index in [1.807, 2.05) is 24.3 Å². The van der Waals surface area contributed by atoms with Crippen LogP contribution in [0.2, 0.25) is 0 Å². The lowest BCUT2D eigenvalue weighted by Crippen LogP contribution is -2.24. The largest absolute Gasteiger partial charge is 0.349 e. The zero-order valence-electron chi connectivity index (χ0n) is 9.72. The molecule has 1 saturated carbocycles. The van der Waals surface area contributed by atoms with Crippen molar-refractivity contribution in [2.45, 2.75) is 18.9 Å². The van der Waals surface area contributed by atoms with Crippen LogP contribution in [-0.2, 0) is 0 Å². The van der Waals surface area contributed by atoms with Crippen LogP contribution in [0.5, 0.6) is 0 Å². The molecule has 1 aliphatic rings. The number of thiophene rings is 1. The number of nitrogens with one attached hydrogen (secondary N) is 2. The number of anilines is 2. The van der Waals surface area contributed by atoms with E-state index >= 15 is 0 Å². The highest BCUT2D eigenvalue weighted by Gasteiger charge is 2.24. The number of hydrogen-bond donors (Lipinski definition) is 2. The Balaban J connectivity index is 1.67. The van der Waals surface area contributed by atoms with E-state index in [-0.39, 0.29) is 5.91 Å². The van der Waals surface area contributed by atoms with E-state index in [2.05, 4.69) is 15.6 Å². The predicted octanol–water partition coefficient (Wildman–Crippen LogP) is 2.78. The van der Waals surface area contributed by atoms with Crippen LogP contribution in [0.1, 0.15) is 22.5 Å². The number of hydrogen-bond acceptors (Lipinski definition) is 4. The molecule has 2 aromatic rings. The Hall–Kier alpha value is -1.88. The van der Waals surface area contributed by atoms with E-state index in [4.69, 9.17) is 0 Å². The van der Waals surface area contributed by atoms with Gasteiger partial charge < -0.3 is 10.6 Å². The van der Waals surface area contributed by atoms with Gasteiger partial charge in [-0.2, -0.15) is 0 Å². The van der Waals surface area contributed by atoms with Crippen molar-refractivity contribution in [3.63, 3.8) is 0 Å². The van der Waals surface area contributed by atoms with Crippen LogP contribution < -0.4 is 10.6 Å². The molecule has 1 aliphatic carbocycles. The summed E-state index contributed by atoms with van der Waals surface area (Å²) in [6.07, 6.45) is 5.70. The Morgan fingerprint density at radius 3 is 2.94 bits per heavy atom. The number of pyridine rings is 1. The fourth-order valence-corrected chi connectivity index (χ4v) is 2.42. The third kappa shape index (κ3) is 2.68. The lowest BCUT2D eigenvalue weighted by atomic mass is 10.4. The third-order valence-electron chi connectivity index (χ3n) is 2.67. The Labute approximate surface area is 109 Å². The van der Waals surface area contributed by atoms with Gasteiger partial charge in [0.2, 0.25) is 0 Å². The van der Waals surface area contributed by atoms with E-state index in [1.54, 1.807) is 12.4 Å². The van der Waals surface area contributed by atoms with Gasteiger partial charge in [-0.3, -0.25) is 9.78 Å². The second-order valence-electron chi connectivity index (χ2n) is 4.28. The number of aromatic nitrogens is 1. The maximum Gasteiger partial charge on any atom is 0.261 e. The summed E-state index contributed by atoms with van der Waals surface area (Å²) >= 11 is 1.45. The lowest BCUT2D eigenvalue weighted by molar-refractivity contribution is 0.0955. The molecule has 0 bridgehead atoms. The summed E-state index contributed by atoms with van der Waals surface area (Å²) in [5.41, 5.74) is 0.925. The summed E-state index contributed by atoms with van der Waals surface area (Å²) < 4.78 is 0. The van der Waals surface area contributed by atoms with Gasteiger partial charge in [0.05, 0.1) is 21.8 Å². The van der Waals surface area contributed by atoms with Crippen LogP contribution in [0.4, 0.5) is 10.7 Å². The van der Waals surface area contributed by atoms with Crippen molar-refractivity contribution in [2.75, 3.05) is 5.32 Å². The smallest absolute Gasteiger partial charge is 0.261 e. The normalized spacial score (nSPS) is 14.2. The van der Waals surface area contributed by atoms with Gasteiger partial charge >= 0.3 is 0 Å². The van der Waals surface area contributed by atoms with Gasteiger partial charge in [0, 0.05) is 12.2 Å². The molecule has 0 unspecified atom stereocenters. The number of carbonyl (C=O) groups is 1. The first kappa shape index (κ1) is 11.2. The predicted molar refractivity (Wildman–Crippen MR) is 72.3 cm³/mol. The van der Waals surface area contributed by atoms with E-state index in [1.165, 1.54) is 11.3 Å². The number of nitrogens with zero attached hydrogens (tertiary/aromatic N) is 1. The molecule has 2 N–H and O–H groups in total. The highest BCUT2D eigenvalue weighted by molar-refractivity contribution is 7.18. The fourth-order valence-electron chi connectivity index (χ4n) is 1.59. The quantitative estimate of drug-likeness (QED) is 0.887. The monoisotopic (exact) mass is 259 g/mol. The van der Waals surface area contributed by atoms with Crippen LogP contribution in [0, 0.1) is 0 Å². The first-order valence-corrected chi connectivity index (χ1v) is 6.71. The lowest BCUT2D eigenvalue weighted by Gasteiger charge is -2.01. The molecule has 2 heterocycles. The van der Waals surface area contributed by atoms with Crippen LogP contribution in [-0.4, -0.2) is 16.9 Å². The summed E-state index contributed by atoms with van der Waals surface area (Å²) in [6, 6.07) is 7.97. The third-order valence-corrected chi connectivity index (χ3v) is 3.67. The summed E-state index contributed by atoms with van der Waals surface area (Å²) in [4.78, 5) is 16.6. The topological polar surface area (TPSA) is 54.0 Å². The number of amides is 1. The summed E-state index contributed by atoms with van der Waals surface area (Å²) in [5, 5.41) is 7.15. The molecule has 5 heteroatoms. The molecule has 3 rings (SSSR count). The first-order chi connectivity index (χ1) is 8.81. The number of carbonyl (C=O) groups excluding carboxylic acids is 1. The molecule has 1 fully saturated rings. The van der Waals surface area contributed by atoms with Crippen molar-refractivity contribution in [2.24, 2.45) is 0 Å². The van der Waals surface area contributed by atoms with Crippen molar-refractivity contribution in [1.82, 2.24) is 10.3 Å². The van der Waals surface area contributed by atoms with E-state index in [0.29, 0.717) is 6.04 Å². The maximum absolute atomic E-state index is 11.8. The zero-order chi connectivity index (χ0) is 12.4. The molecular weight excluding hydrogens is 246 g/mol. The minimum atomic E-state index is 0.0294. The van der Waals surface area contributed by atoms with E-state index < -0.39 is 0 Å². The molecule has 92 valence electrons. The molecule has 0 radical (unpaired) electrons. The maximum atomic E-state index is 11.8. The Morgan fingerprint density at radius 1 is 1.33 bits per heavy atom. The van der Waals surface area contributed by atoms with Crippen LogP contribution in [0.25, 0.3) is 0 Å². The first-order valence-electron chi connectivity index (χ1n) is 5.89. The van der Waals surface area contributed by atoms with Crippen molar-refractivity contribution in [1.29, 1.82) is 0 Å². The van der Waals surface area contributed by atoms with Gasteiger partial charge in [-0.1, -0.05) is 0 Å². The SMILES string of the molecule is O=C(NC1CC1)c1ccc(Nc2cccnc2)s1. The molecule has 0 aromatic carbocycles. The Morgan fingerprint density at radius 2 is 2.22 bits per heavy atom. The van der Waals surface area contributed by atoms with Gasteiger partial charge in [0.1, 0.15) is 0 Å². The summed E-state index contributed by atoms with van der Waals surface area (Å²) in [6.45, 7) is 0. The summed E-state index contributed by atoms with van der Waals surface area (Å²) in [5.74, 6) is 0.0294. The minimum Gasteiger partial charge on any atom is -0.349 e. The van der Waals surface area contributed by atoms with Gasteiger partial charge in [0.15, 0.2) is 0 Å². The van der Waals surface area contributed by atoms with Gasteiger partial charge in [0.25, 0.3) is 5.91 Å². The zero-order valence-corrected chi connectivity index (χ0v) is 10.5. The van der Waals surface area contributed by atoms with E-state index in [9.17, 15) is 4.79 Å². The minimum absolute atomic E-state index is 0.0294. The van der Waals surface area contributed by atoms with Crippen molar-refractivity contribution in [3.8, 4) is 0 Å². The Bertz CT molecular complexity index is 548. The molecule has 0 aliphatic heterocycles. The number of rotatable bonds is 4. The average Bonchev–Trinajstić information content (AvgIpc) is 3.07. The molecule has 2 aromatic heterocycles. The second kappa shape index (κ2) is 4.78. The highest BCUT2D eigenvalue weighted by Crippen LogP contribution is 2.26. The molecule has 0 atom stereocenters. The van der Waals surface area contributed by atoms with Crippen molar-refractivity contribution >= 4 is 27.9 Å². The van der Waals surface area contributed by atoms with Gasteiger partial charge in [-0.25, -0.2) is 0 Å². The average molecular weight is 259 g/mol. The second-order valence-corrected chi connectivity index (χ2v) is 5.36. The van der Waals surface area contributed by atoms with Crippen molar-refractivity contribution in [3.05, 3.63) is 41.5 Å². The van der Waals surface area contributed by atoms with Crippen LogP contribution >= 0.6 is 11.3 Å². The standard InChI is InChI=1S/C13H13N3OS/c17-13(16-9-3-4-9)11-5-6-12(18-11)15-10-2-1-7-14-8-10/h1-2,5-9,15H,3-4H2,(H,16,17). The highest BCUT2D eigenvalue weighted by atomic mass is 32.1. The molecule has 0 spiro atoms. The molecule has 1 amide bonds. The summed E-state index contributed by atoms with van der Waals surface area (Å²) in [7, 11) is 0. The Kier molecular flexibility index (Phi) is 2.98. The van der Waals surface area contributed by atoms with E-state index in [0.717, 1.165) is 28.4 Å². The van der Waals surface area contributed by atoms with Crippen LogP contribution in [0.15, 0.2) is 36.7 Å².